The maximum atomic E-state index is 6.50. The SMILES string of the molecule is C=CC1CC(N(C[C@H]2OC[C@]3(n4cnc5c(N)ncnc54)OC(C)(C)O[C@H]23)C(C)C)C1. The minimum Gasteiger partial charge on any atom is -0.382 e. The molecule has 3 aliphatic rings. The first-order valence-electron chi connectivity index (χ1n) is 11.1. The van der Waals surface area contributed by atoms with E-state index in [4.69, 9.17) is 19.9 Å². The zero-order valence-electron chi connectivity index (χ0n) is 18.7. The van der Waals surface area contributed by atoms with Gasteiger partial charge in [0.05, 0.1) is 12.9 Å². The number of allylic oxidation sites excluding steroid dienone is 1. The smallest absolute Gasteiger partial charge is 0.203 e. The van der Waals surface area contributed by atoms with Gasteiger partial charge in [0, 0.05) is 18.6 Å². The van der Waals surface area contributed by atoms with Crippen LogP contribution in [0.4, 0.5) is 5.82 Å². The van der Waals surface area contributed by atoms with Gasteiger partial charge in [0.25, 0.3) is 0 Å². The molecule has 1 aliphatic carbocycles. The fraction of sp³-hybridized carbons (Fsp3) is 0.682. The van der Waals surface area contributed by atoms with Crippen molar-refractivity contribution in [2.45, 2.75) is 76.3 Å². The van der Waals surface area contributed by atoms with Crippen LogP contribution in [0.1, 0.15) is 40.5 Å². The van der Waals surface area contributed by atoms with Gasteiger partial charge in [-0.05, 0) is 46.5 Å². The van der Waals surface area contributed by atoms with Gasteiger partial charge < -0.3 is 19.9 Å². The molecule has 2 saturated heterocycles. The first-order chi connectivity index (χ1) is 14.7. The maximum absolute atomic E-state index is 6.50. The van der Waals surface area contributed by atoms with Crippen LogP contribution in [0.15, 0.2) is 25.3 Å². The first-order valence-corrected chi connectivity index (χ1v) is 11.1. The lowest BCUT2D eigenvalue weighted by molar-refractivity contribution is -0.206. The monoisotopic (exact) mass is 428 g/mol. The molecule has 1 saturated carbocycles. The number of nitrogens with zero attached hydrogens (tertiary/aromatic N) is 5. The van der Waals surface area contributed by atoms with Gasteiger partial charge >= 0.3 is 0 Å². The van der Waals surface area contributed by atoms with Crippen molar-refractivity contribution in [3.8, 4) is 0 Å². The second-order valence-electron chi connectivity index (χ2n) is 9.69. The highest BCUT2D eigenvalue weighted by Gasteiger charge is 2.63. The number of rotatable bonds is 6. The molecule has 0 spiro atoms. The van der Waals surface area contributed by atoms with Gasteiger partial charge in [-0.25, -0.2) is 15.0 Å². The highest BCUT2D eigenvalue weighted by molar-refractivity contribution is 5.81. The van der Waals surface area contributed by atoms with Crippen LogP contribution >= 0.6 is 0 Å². The van der Waals surface area contributed by atoms with Crippen molar-refractivity contribution in [1.29, 1.82) is 0 Å². The third kappa shape index (κ3) is 3.26. The number of ether oxygens (including phenoxy) is 3. The maximum Gasteiger partial charge on any atom is 0.203 e. The normalized spacial score (nSPS) is 34.4. The Bertz CT molecular complexity index is 985. The highest BCUT2D eigenvalue weighted by atomic mass is 16.8. The molecule has 2 aromatic rings. The van der Waals surface area contributed by atoms with E-state index in [1.54, 1.807) is 6.33 Å². The molecular formula is C22H32N6O3. The topological polar surface area (TPSA) is 101 Å². The molecule has 0 bridgehead atoms. The predicted octanol–water partition coefficient (Wildman–Crippen LogP) is 2.29. The van der Waals surface area contributed by atoms with Crippen molar-refractivity contribution >= 4 is 17.0 Å². The van der Waals surface area contributed by atoms with Gasteiger partial charge in [0.1, 0.15) is 24.1 Å². The van der Waals surface area contributed by atoms with E-state index in [0.717, 1.165) is 19.4 Å². The zero-order chi connectivity index (χ0) is 22.0. The summed E-state index contributed by atoms with van der Waals surface area (Å²) in [5.74, 6) is 0.204. The summed E-state index contributed by atoms with van der Waals surface area (Å²) in [5, 5.41) is 0. The largest absolute Gasteiger partial charge is 0.382 e. The van der Waals surface area contributed by atoms with E-state index < -0.39 is 11.5 Å². The lowest BCUT2D eigenvalue weighted by atomic mass is 9.79. The molecule has 9 heteroatoms. The third-order valence-corrected chi connectivity index (χ3v) is 6.90. The number of hydrogen-bond donors (Lipinski definition) is 1. The number of fused-ring (bicyclic) bond motifs is 2. The summed E-state index contributed by atoms with van der Waals surface area (Å²) in [6, 6.07) is 0.949. The van der Waals surface area contributed by atoms with Crippen molar-refractivity contribution in [3.05, 3.63) is 25.3 Å². The molecule has 2 aliphatic heterocycles. The van der Waals surface area contributed by atoms with Crippen LogP contribution in [0.2, 0.25) is 0 Å². The van der Waals surface area contributed by atoms with Gasteiger partial charge in [-0.3, -0.25) is 9.47 Å². The minimum atomic E-state index is -0.852. The summed E-state index contributed by atoms with van der Waals surface area (Å²) in [5.41, 5.74) is 6.34. The fourth-order valence-corrected chi connectivity index (χ4v) is 5.31. The van der Waals surface area contributed by atoms with E-state index in [2.05, 4.69) is 46.4 Å². The van der Waals surface area contributed by atoms with E-state index in [0.29, 0.717) is 41.6 Å². The summed E-state index contributed by atoms with van der Waals surface area (Å²) < 4.78 is 21.2. The standard InChI is InChI=1S/C22H32N6O3/c1-6-14-7-15(8-14)27(13(2)3)9-16-18-22(10-29-16,31-21(4,5)30-18)28-12-26-17-19(23)24-11-25-20(17)28/h6,11-16,18H,1,7-10H2,2-5H3,(H2,23,24,25)/t14?,15?,16-,18-,22+/m1/s1. The van der Waals surface area contributed by atoms with Crippen LogP contribution in [-0.4, -0.2) is 67.6 Å². The van der Waals surface area contributed by atoms with E-state index in [1.165, 1.54) is 6.33 Å². The van der Waals surface area contributed by atoms with Crippen LogP contribution < -0.4 is 5.73 Å². The number of nitrogens with two attached hydrogens (primary N) is 1. The van der Waals surface area contributed by atoms with Crippen molar-refractivity contribution in [3.63, 3.8) is 0 Å². The molecule has 3 atom stereocenters. The summed E-state index contributed by atoms with van der Waals surface area (Å²) >= 11 is 0. The minimum absolute atomic E-state index is 0.136. The summed E-state index contributed by atoms with van der Waals surface area (Å²) in [6.07, 6.45) is 7.09. The van der Waals surface area contributed by atoms with E-state index >= 15 is 0 Å². The lowest BCUT2D eigenvalue weighted by Gasteiger charge is -2.45. The molecule has 0 unspecified atom stereocenters. The number of aromatic nitrogens is 4. The molecule has 9 nitrogen and oxygen atoms in total. The van der Waals surface area contributed by atoms with Gasteiger partial charge in [0.2, 0.25) is 5.72 Å². The molecular weight excluding hydrogens is 396 g/mol. The molecule has 0 aromatic carbocycles. The van der Waals surface area contributed by atoms with Crippen molar-refractivity contribution in [1.82, 2.24) is 24.4 Å². The number of anilines is 1. The van der Waals surface area contributed by atoms with Crippen LogP contribution in [-0.2, 0) is 19.9 Å². The van der Waals surface area contributed by atoms with Crippen LogP contribution in [0, 0.1) is 5.92 Å². The highest BCUT2D eigenvalue weighted by Crippen LogP contribution is 2.48. The van der Waals surface area contributed by atoms with Crippen molar-refractivity contribution < 1.29 is 14.2 Å². The third-order valence-electron chi connectivity index (χ3n) is 6.90. The second kappa shape index (κ2) is 7.23. The Morgan fingerprint density at radius 1 is 1.32 bits per heavy atom. The lowest BCUT2D eigenvalue weighted by Crippen LogP contribution is -2.53. The van der Waals surface area contributed by atoms with Crippen LogP contribution in [0.3, 0.4) is 0 Å². The molecule has 2 aromatic heterocycles. The molecule has 31 heavy (non-hydrogen) atoms. The molecule has 0 amide bonds. The zero-order valence-corrected chi connectivity index (χ0v) is 18.7. The van der Waals surface area contributed by atoms with E-state index in [1.807, 2.05) is 18.4 Å². The number of nitrogen functional groups attached to an aromatic ring is 1. The van der Waals surface area contributed by atoms with Gasteiger partial charge in [-0.2, -0.15) is 0 Å². The number of hydrogen-bond acceptors (Lipinski definition) is 8. The fourth-order valence-electron chi connectivity index (χ4n) is 5.31. The quantitative estimate of drug-likeness (QED) is 0.700. The average molecular weight is 429 g/mol. The molecule has 0 radical (unpaired) electrons. The van der Waals surface area contributed by atoms with Crippen molar-refractivity contribution in [2.24, 2.45) is 5.92 Å². The summed E-state index contributed by atoms with van der Waals surface area (Å²) in [6.45, 7) is 13.4. The Balaban J connectivity index is 1.46. The number of imidazole rings is 1. The van der Waals surface area contributed by atoms with E-state index in [9.17, 15) is 0 Å². The Kier molecular flexibility index (Phi) is 4.85. The molecule has 3 fully saturated rings. The Morgan fingerprint density at radius 2 is 2.10 bits per heavy atom. The summed E-state index contributed by atoms with van der Waals surface area (Å²) in [7, 11) is 0. The Morgan fingerprint density at radius 3 is 2.81 bits per heavy atom. The Labute approximate surface area is 182 Å². The predicted molar refractivity (Wildman–Crippen MR) is 116 cm³/mol. The van der Waals surface area contributed by atoms with Crippen molar-refractivity contribution in [2.75, 3.05) is 18.9 Å². The molecule has 2 N–H and O–H groups in total. The van der Waals surface area contributed by atoms with Gasteiger partial charge in [-0.15, -0.1) is 6.58 Å². The average Bonchev–Trinajstić information content (AvgIpc) is 3.31. The second-order valence-corrected chi connectivity index (χ2v) is 9.69. The Hall–Kier alpha value is -2.07. The first kappa shape index (κ1) is 20.8. The van der Waals surface area contributed by atoms with E-state index in [-0.39, 0.29) is 12.2 Å². The molecule has 4 heterocycles. The summed E-state index contributed by atoms with van der Waals surface area (Å²) in [4.78, 5) is 15.5. The van der Waals surface area contributed by atoms with Gasteiger partial charge in [0.15, 0.2) is 17.3 Å². The van der Waals surface area contributed by atoms with Gasteiger partial charge in [-0.1, -0.05) is 6.08 Å². The molecule has 168 valence electrons. The molecule has 5 rings (SSSR count). The van der Waals surface area contributed by atoms with Crippen LogP contribution in [0.25, 0.3) is 11.2 Å². The van der Waals surface area contributed by atoms with Crippen LogP contribution in [0.5, 0.6) is 0 Å².